The van der Waals surface area contributed by atoms with Crippen molar-refractivity contribution < 1.29 is 14.7 Å². The van der Waals surface area contributed by atoms with Gasteiger partial charge in [0, 0.05) is 9.86 Å². The minimum absolute atomic E-state index is 0.291. The molecule has 9 nitrogen and oxygen atoms in total. The van der Waals surface area contributed by atoms with Gasteiger partial charge in [0.2, 0.25) is 5.88 Å². The molecule has 1 aromatic heterocycles. The summed E-state index contributed by atoms with van der Waals surface area (Å²) in [5, 5.41) is 16.7. The van der Waals surface area contributed by atoms with Gasteiger partial charge in [-0.15, -0.1) is 0 Å². The number of benzene rings is 3. The Morgan fingerprint density at radius 3 is 2.20 bits per heavy atom. The van der Waals surface area contributed by atoms with Crippen LogP contribution in [0.15, 0.2) is 67.7 Å². The molecular formula is C25H17BrN4O5. The van der Waals surface area contributed by atoms with E-state index in [9.17, 15) is 24.3 Å². The molecule has 0 unspecified atom stereocenters. The molecule has 1 aliphatic rings. The number of aromatic amines is 1. The zero-order valence-corrected chi connectivity index (χ0v) is 20.1. The predicted octanol–water partition coefficient (Wildman–Crippen LogP) is 3.39. The van der Waals surface area contributed by atoms with Gasteiger partial charge in [-0.05, 0) is 54.6 Å². The van der Waals surface area contributed by atoms with Gasteiger partial charge in [0.05, 0.1) is 23.0 Å². The van der Waals surface area contributed by atoms with Gasteiger partial charge in [0.15, 0.2) is 0 Å². The van der Waals surface area contributed by atoms with Crippen LogP contribution in [0.1, 0.15) is 37.4 Å². The molecule has 2 heterocycles. The topological polar surface area (TPSA) is 125 Å². The molecule has 0 saturated heterocycles. The molecule has 35 heavy (non-hydrogen) atoms. The number of carbonyl (C=O) groups excluding carboxylic acids is 2. The largest absolute Gasteiger partial charge is 0.493 e. The number of nitrogens with one attached hydrogen (secondary N) is 1. The first-order valence-electron chi connectivity index (χ1n) is 10.5. The summed E-state index contributed by atoms with van der Waals surface area (Å²) < 4.78 is 1.75. The third-order valence-corrected chi connectivity index (χ3v) is 6.75. The van der Waals surface area contributed by atoms with Gasteiger partial charge in [-0.3, -0.25) is 19.4 Å². The van der Waals surface area contributed by atoms with Gasteiger partial charge in [-0.1, -0.05) is 40.2 Å². The van der Waals surface area contributed by atoms with Gasteiger partial charge < -0.3 is 5.11 Å². The van der Waals surface area contributed by atoms with Crippen LogP contribution >= 0.6 is 15.9 Å². The average Bonchev–Trinajstić information content (AvgIpc) is 2.82. The fraction of sp³-hybridized carbons (Fsp3) is 0.0800. The Balaban J connectivity index is 1.63. The van der Waals surface area contributed by atoms with Gasteiger partial charge >= 0.3 is 5.69 Å². The van der Waals surface area contributed by atoms with Crippen LogP contribution in [0.4, 0.5) is 0 Å². The number of hydrogen-bond donors (Lipinski definition) is 2. The van der Waals surface area contributed by atoms with E-state index in [2.05, 4.69) is 26.0 Å². The zero-order chi connectivity index (χ0) is 25.0. The number of hydrogen-bond acceptors (Lipinski definition) is 6. The molecule has 10 heteroatoms. The monoisotopic (exact) mass is 532 g/mol. The van der Waals surface area contributed by atoms with Crippen molar-refractivity contribution in [2.45, 2.75) is 13.8 Å². The number of hydrazone groups is 1. The van der Waals surface area contributed by atoms with E-state index in [0.717, 1.165) is 26.2 Å². The van der Waals surface area contributed by atoms with Crippen molar-refractivity contribution in [1.82, 2.24) is 14.6 Å². The van der Waals surface area contributed by atoms with Gasteiger partial charge in [0.1, 0.15) is 5.56 Å². The summed E-state index contributed by atoms with van der Waals surface area (Å²) >= 11 is 3.42. The second-order valence-electron chi connectivity index (χ2n) is 8.10. The standard InChI is InChI=1S/C25H17BrN4O5/c1-12-10-19(13(2)9-18(12)26)29-22(32)17(21(31)28-25(29)35)11-27-30-23(33)15-7-3-5-14-6-4-8-16(20(14)15)24(30)34/h3-11,32H,1-2H3,(H,28,31,35). The number of aromatic hydroxyl groups is 1. The fourth-order valence-corrected chi connectivity index (χ4v) is 4.58. The summed E-state index contributed by atoms with van der Waals surface area (Å²) in [6, 6.07) is 13.6. The van der Waals surface area contributed by atoms with Crippen LogP contribution < -0.4 is 11.2 Å². The van der Waals surface area contributed by atoms with Crippen molar-refractivity contribution in [3.05, 3.63) is 102 Å². The number of imide groups is 1. The lowest BCUT2D eigenvalue weighted by atomic mass is 9.95. The van der Waals surface area contributed by atoms with Crippen LogP contribution in [-0.4, -0.2) is 37.7 Å². The molecule has 4 aromatic rings. The summed E-state index contributed by atoms with van der Waals surface area (Å²) in [5.74, 6) is -2.01. The van der Waals surface area contributed by atoms with E-state index < -0.39 is 28.9 Å². The molecule has 0 aliphatic carbocycles. The summed E-state index contributed by atoms with van der Waals surface area (Å²) in [4.78, 5) is 53.3. The smallest absolute Gasteiger partial charge is 0.335 e. The second-order valence-corrected chi connectivity index (χ2v) is 8.95. The van der Waals surface area contributed by atoms with Crippen molar-refractivity contribution in [2.75, 3.05) is 0 Å². The van der Waals surface area contributed by atoms with Crippen LogP contribution in [0.25, 0.3) is 16.5 Å². The maximum absolute atomic E-state index is 13.0. The Morgan fingerprint density at radius 2 is 1.57 bits per heavy atom. The molecule has 5 rings (SSSR count). The number of carbonyl (C=O) groups is 2. The number of aromatic nitrogens is 2. The number of halogens is 1. The molecular weight excluding hydrogens is 516 g/mol. The number of nitrogens with zero attached hydrogens (tertiary/aromatic N) is 3. The van der Waals surface area contributed by atoms with E-state index >= 15 is 0 Å². The van der Waals surface area contributed by atoms with Gasteiger partial charge in [0.25, 0.3) is 17.4 Å². The normalized spacial score (nSPS) is 13.3. The Hall–Kier alpha value is -4.31. The van der Waals surface area contributed by atoms with E-state index in [1.807, 2.05) is 6.92 Å². The lowest BCUT2D eigenvalue weighted by Crippen LogP contribution is -2.37. The minimum atomic E-state index is -0.918. The molecule has 0 fully saturated rings. The van der Waals surface area contributed by atoms with E-state index in [4.69, 9.17) is 0 Å². The quantitative estimate of drug-likeness (QED) is 0.309. The maximum Gasteiger partial charge on any atom is 0.335 e. The Kier molecular flexibility index (Phi) is 5.25. The van der Waals surface area contributed by atoms with E-state index in [-0.39, 0.29) is 5.56 Å². The molecule has 2 amide bonds. The SMILES string of the molecule is Cc1cc(-n2c(O)c(C=NN3C(=O)c4cccc5cccc(c45)C3=O)c(=O)[nH]c2=O)c(C)cc1Br. The lowest BCUT2D eigenvalue weighted by molar-refractivity contribution is 0.0616. The van der Waals surface area contributed by atoms with Crippen molar-refractivity contribution in [2.24, 2.45) is 5.10 Å². The number of H-pyrrole nitrogens is 1. The summed E-state index contributed by atoms with van der Waals surface area (Å²) in [7, 11) is 0. The van der Waals surface area contributed by atoms with E-state index in [1.165, 1.54) is 0 Å². The highest BCUT2D eigenvalue weighted by molar-refractivity contribution is 9.10. The summed E-state index contributed by atoms with van der Waals surface area (Å²) in [5.41, 5.74) is 0.236. The number of amides is 2. The highest BCUT2D eigenvalue weighted by atomic mass is 79.9. The van der Waals surface area contributed by atoms with Crippen LogP contribution in [0.3, 0.4) is 0 Å². The van der Waals surface area contributed by atoms with Gasteiger partial charge in [-0.25, -0.2) is 9.36 Å². The molecule has 0 radical (unpaired) electrons. The molecule has 0 atom stereocenters. The highest BCUT2D eigenvalue weighted by Gasteiger charge is 2.32. The Morgan fingerprint density at radius 1 is 0.943 bits per heavy atom. The predicted molar refractivity (Wildman–Crippen MR) is 134 cm³/mol. The molecule has 1 aliphatic heterocycles. The van der Waals surface area contributed by atoms with Gasteiger partial charge in [-0.2, -0.15) is 10.1 Å². The van der Waals surface area contributed by atoms with E-state index in [1.54, 1.807) is 55.5 Å². The second kappa shape index (κ2) is 8.17. The molecule has 0 saturated carbocycles. The van der Waals surface area contributed by atoms with Crippen molar-refractivity contribution in [1.29, 1.82) is 0 Å². The van der Waals surface area contributed by atoms with Crippen LogP contribution in [-0.2, 0) is 0 Å². The highest BCUT2D eigenvalue weighted by Crippen LogP contribution is 2.30. The summed E-state index contributed by atoms with van der Waals surface area (Å²) in [6.07, 6.45) is 0.898. The molecule has 0 bridgehead atoms. The zero-order valence-electron chi connectivity index (χ0n) is 18.5. The van der Waals surface area contributed by atoms with Crippen LogP contribution in [0, 0.1) is 13.8 Å². The van der Waals surface area contributed by atoms with E-state index in [0.29, 0.717) is 32.8 Å². The third-order valence-electron chi connectivity index (χ3n) is 5.89. The summed E-state index contributed by atoms with van der Waals surface area (Å²) in [6.45, 7) is 3.56. The molecule has 3 aromatic carbocycles. The third kappa shape index (κ3) is 3.50. The fourth-order valence-electron chi connectivity index (χ4n) is 4.12. The minimum Gasteiger partial charge on any atom is -0.493 e. The first-order chi connectivity index (χ1) is 16.7. The number of rotatable bonds is 3. The molecule has 2 N–H and O–H groups in total. The molecule has 174 valence electrons. The number of aryl methyl sites for hydroxylation is 2. The van der Waals surface area contributed by atoms with Crippen LogP contribution in [0.2, 0.25) is 0 Å². The van der Waals surface area contributed by atoms with Crippen molar-refractivity contribution >= 4 is 44.7 Å². The molecule has 0 spiro atoms. The van der Waals surface area contributed by atoms with Crippen molar-refractivity contribution in [3.63, 3.8) is 0 Å². The van der Waals surface area contributed by atoms with Crippen LogP contribution in [0.5, 0.6) is 5.88 Å². The Bertz CT molecular complexity index is 1680. The maximum atomic E-state index is 13.0. The van der Waals surface area contributed by atoms with Crippen molar-refractivity contribution in [3.8, 4) is 11.6 Å². The lowest BCUT2D eigenvalue weighted by Gasteiger charge is -2.23. The average molecular weight is 533 g/mol. The first-order valence-corrected chi connectivity index (χ1v) is 11.3. The Labute approximate surface area is 206 Å². The first kappa shape index (κ1) is 22.5.